The number of sulfone groups is 1. The Morgan fingerprint density at radius 3 is 2.66 bits per heavy atom. The number of para-hydroxylation sites is 1. The Hall–Kier alpha value is -2.87. The summed E-state index contributed by atoms with van der Waals surface area (Å²) in [4.78, 5) is 24.4. The third kappa shape index (κ3) is 6.05. The van der Waals surface area contributed by atoms with Gasteiger partial charge in [-0.3, -0.25) is 4.79 Å². The van der Waals surface area contributed by atoms with Gasteiger partial charge in [0.25, 0.3) is 5.91 Å². The topological polar surface area (TPSA) is 98.8 Å². The van der Waals surface area contributed by atoms with E-state index in [1.165, 1.54) is 0 Å². The molecule has 2 aromatic rings. The van der Waals surface area contributed by atoms with Crippen LogP contribution in [0.5, 0.6) is 5.75 Å². The van der Waals surface area contributed by atoms with Crippen molar-refractivity contribution in [1.82, 2.24) is 5.32 Å². The summed E-state index contributed by atoms with van der Waals surface area (Å²) in [5.41, 5.74) is 2.30. The smallest absolute Gasteiger partial charge is 0.342 e. The predicted octanol–water partition coefficient (Wildman–Crippen LogP) is 2.03. The molecule has 1 heterocycles. The van der Waals surface area contributed by atoms with Crippen LogP contribution in [0.15, 0.2) is 48.5 Å². The highest BCUT2D eigenvalue weighted by atomic mass is 32.2. The van der Waals surface area contributed by atoms with Crippen LogP contribution >= 0.6 is 0 Å². The molecule has 7 nitrogen and oxygen atoms in total. The first-order valence-electron chi connectivity index (χ1n) is 9.27. The van der Waals surface area contributed by atoms with Crippen molar-refractivity contribution in [1.29, 1.82) is 0 Å². The normalized spacial score (nSPS) is 17.5. The van der Waals surface area contributed by atoms with Crippen LogP contribution in [0, 0.1) is 6.92 Å². The van der Waals surface area contributed by atoms with Crippen molar-refractivity contribution in [3.8, 4) is 5.75 Å². The molecule has 0 unspecified atom stereocenters. The van der Waals surface area contributed by atoms with Crippen LogP contribution in [0.25, 0.3) is 0 Å². The maximum Gasteiger partial charge on any atom is 0.342 e. The molecule has 0 saturated carbocycles. The molecule has 1 saturated heterocycles. The van der Waals surface area contributed by atoms with Crippen molar-refractivity contribution in [3.05, 3.63) is 65.2 Å². The number of nitrogens with one attached hydrogen (secondary N) is 1. The van der Waals surface area contributed by atoms with E-state index in [4.69, 9.17) is 9.47 Å². The summed E-state index contributed by atoms with van der Waals surface area (Å²) in [6.45, 7) is 1.80. The number of hydrogen-bond donors (Lipinski definition) is 1. The maximum absolute atomic E-state index is 12.4. The molecule has 0 radical (unpaired) electrons. The Labute approximate surface area is 169 Å². The van der Waals surface area contributed by atoms with Crippen LogP contribution < -0.4 is 10.1 Å². The van der Waals surface area contributed by atoms with Gasteiger partial charge in [0.1, 0.15) is 17.9 Å². The molecule has 0 spiro atoms. The molecule has 1 aliphatic heterocycles. The van der Waals surface area contributed by atoms with Gasteiger partial charge in [-0.1, -0.05) is 42.0 Å². The van der Waals surface area contributed by atoms with Crippen molar-refractivity contribution in [2.24, 2.45) is 0 Å². The zero-order valence-corrected chi connectivity index (χ0v) is 16.9. The lowest BCUT2D eigenvalue weighted by Crippen LogP contribution is -2.38. The minimum atomic E-state index is -3.09. The molecule has 154 valence electrons. The van der Waals surface area contributed by atoms with Crippen molar-refractivity contribution < 1.29 is 27.5 Å². The molecule has 2 aromatic carbocycles. The minimum Gasteiger partial charge on any atom is -0.488 e. The molecule has 0 bridgehead atoms. The van der Waals surface area contributed by atoms with Gasteiger partial charge in [-0.05, 0) is 31.0 Å². The van der Waals surface area contributed by atoms with Gasteiger partial charge in [-0.25, -0.2) is 13.2 Å². The predicted molar refractivity (Wildman–Crippen MR) is 107 cm³/mol. The Morgan fingerprint density at radius 1 is 1.14 bits per heavy atom. The second kappa shape index (κ2) is 9.09. The van der Waals surface area contributed by atoms with Crippen molar-refractivity contribution >= 4 is 21.7 Å². The van der Waals surface area contributed by atoms with Gasteiger partial charge in [0.05, 0.1) is 11.5 Å². The summed E-state index contributed by atoms with van der Waals surface area (Å²) in [5.74, 6) is -0.870. The third-order valence-corrected chi connectivity index (χ3v) is 6.28. The second-order valence-corrected chi connectivity index (χ2v) is 9.25. The van der Waals surface area contributed by atoms with E-state index in [9.17, 15) is 18.0 Å². The van der Waals surface area contributed by atoms with Crippen LogP contribution in [-0.4, -0.2) is 44.4 Å². The summed E-state index contributed by atoms with van der Waals surface area (Å²) < 4.78 is 33.7. The first-order chi connectivity index (χ1) is 13.8. The Morgan fingerprint density at radius 2 is 1.93 bits per heavy atom. The second-order valence-electron chi connectivity index (χ2n) is 7.02. The highest BCUT2D eigenvalue weighted by Gasteiger charge is 2.29. The fourth-order valence-electron chi connectivity index (χ4n) is 3.11. The first-order valence-corrected chi connectivity index (χ1v) is 11.1. The van der Waals surface area contributed by atoms with Crippen LogP contribution in [-0.2, 0) is 26.0 Å². The van der Waals surface area contributed by atoms with Crippen LogP contribution in [0.4, 0.5) is 0 Å². The van der Waals surface area contributed by atoms with E-state index in [0.717, 1.165) is 11.1 Å². The number of carbonyl (C=O) groups is 2. The van der Waals surface area contributed by atoms with Crippen LogP contribution in [0.1, 0.15) is 27.9 Å². The molecule has 1 atom stereocenters. The van der Waals surface area contributed by atoms with E-state index < -0.39 is 34.4 Å². The lowest BCUT2D eigenvalue weighted by Gasteiger charge is -2.13. The average Bonchev–Trinajstić information content (AvgIpc) is 3.03. The molecule has 1 aliphatic rings. The molecular formula is C21H23NO6S. The number of rotatable bonds is 7. The summed E-state index contributed by atoms with van der Waals surface area (Å²) in [6, 6.07) is 14.1. The summed E-state index contributed by atoms with van der Waals surface area (Å²) >= 11 is 0. The van der Waals surface area contributed by atoms with Crippen molar-refractivity contribution in [3.63, 3.8) is 0 Å². The number of carbonyl (C=O) groups excluding carboxylic acids is 2. The molecule has 1 fully saturated rings. The lowest BCUT2D eigenvalue weighted by molar-refractivity contribution is -0.124. The fourth-order valence-corrected chi connectivity index (χ4v) is 4.78. The monoisotopic (exact) mass is 417 g/mol. The Kier molecular flexibility index (Phi) is 6.53. The molecule has 0 aliphatic carbocycles. The molecule has 1 N–H and O–H groups in total. The standard InChI is InChI=1S/C21H23NO6S/c1-15-5-4-6-16(11-15)12-27-19-8-3-2-7-18(19)21(24)28-13-20(23)22-17-9-10-29(25,26)14-17/h2-8,11,17H,9-10,12-14H2,1H3,(H,22,23)/t17-/m1/s1. The van der Waals surface area contributed by atoms with Gasteiger partial charge < -0.3 is 14.8 Å². The largest absolute Gasteiger partial charge is 0.488 e. The number of esters is 1. The lowest BCUT2D eigenvalue weighted by atomic mass is 10.1. The van der Waals surface area contributed by atoms with E-state index in [1.54, 1.807) is 24.3 Å². The summed E-state index contributed by atoms with van der Waals surface area (Å²) in [7, 11) is -3.09. The number of aryl methyl sites for hydroxylation is 1. The van der Waals surface area contributed by atoms with E-state index in [2.05, 4.69) is 5.32 Å². The van der Waals surface area contributed by atoms with Gasteiger partial charge >= 0.3 is 5.97 Å². The van der Waals surface area contributed by atoms with E-state index >= 15 is 0 Å². The number of amides is 1. The number of benzene rings is 2. The summed E-state index contributed by atoms with van der Waals surface area (Å²) in [5, 5.41) is 2.58. The number of hydrogen-bond acceptors (Lipinski definition) is 6. The van der Waals surface area contributed by atoms with E-state index in [0.29, 0.717) is 18.8 Å². The molecule has 0 aromatic heterocycles. The quantitative estimate of drug-likeness (QED) is 0.692. The van der Waals surface area contributed by atoms with Gasteiger partial charge in [0.15, 0.2) is 16.4 Å². The van der Waals surface area contributed by atoms with Gasteiger partial charge in [-0.15, -0.1) is 0 Å². The Balaban J connectivity index is 1.54. The number of ether oxygens (including phenoxy) is 2. The van der Waals surface area contributed by atoms with Crippen molar-refractivity contribution in [2.45, 2.75) is 26.0 Å². The molecule has 8 heteroatoms. The minimum absolute atomic E-state index is 0.0589. The first kappa shape index (κ1) is 20.9. The molecule has 29 heavy (non-hydrogen) atoms. The van der Waals surface area contributed by atoms with Crippen LogP contribution in [0.3, 0.4) is 0 Å². The molecular weight excluding hydrogens is 394 g/mol. The zero-order chi connectivity index (χ0) is 20.9. The fraction of sp³-hybridized carbons (Fsp3) is 0.333. The SMILES string of the molecule is Cc1cccc(COc2ccccc2C(=O)OCC(=O)N[C@@H]2CCS(=O)(=O)C2)c1. The van der Waals surface area contributed by atoms with E-state index in [-0.39, 0.29) is 17.1 Å². The summed E-state index contributed by atoms with van der Waals surface area (Å²) in [6.07, 6.45) is 0.373. The van der Waals surface area contributed by atoms with Crippen molar-refractivity contribution in [2.75, 3.05) is 18.1 Å². The average molecular weight is 417 g/mol. The molecule has 3 rings (SSSR count). The Bertz CT molecular complexity index is 1000. The van der Waals surface area contributed by atoms with Gasteiger partial charge in [0.2, 0.25) is 0 Å². The third-order valence-electron chi connectivity index (χ3n) is 4.52. The highest BCUT2D eigenvalue weighted by Crippen LogP contribution is 2.20. The zero-order valence-electron chi connectivity index (χ0n) is 16.1. The van der Waals surface area contributed by atoms with Gasteiger partial charge in [-0.2, -0.15) is 0 Å². The van der Waals surface area contributed by atoms with Gasteiger partial charge in [0, 0.05) is 6.04 Å². The van der Waals surface area contributed by atoms with E-state index in [1.807, 2.05) is 31.2 Å². The highest BCUT2D eigenvalue weighted by molar-refractivity contribution is 7.91. The van der Waals surface area contributed by atoms with Crippen LogP contribution in [0.2, 0.25) is 0 Å². The molecule has 1 amide bonds. The maximum atomic E-state index is 12.4.